The topological polar surface area (TPSA) is 58.4 Å². The molecule has 0 aliphatic carbocycles. The number of nitrogens with two attached hydrogens (primary N) is 1. The number of fused-ring (bicyclic) bond motifs is 1. The Balaban J connectivity index is 2.48. The van der Waals surface area contributed by atoms with Crippen molar-refractivity contribution in [1.29, 1.82) is 0 Å². The van der Waals surface area contributed by atoms with Crippen LogP contribution in [0.4, 0.5) is 20.2 Å². The van der Waals surface area contributed by atoms with Crippen molar-refractivity contribution in [3.8, 4) is 0 Å². The minimum Gasteiger partial charge on any atom is -0.368 e. The molecule has 0 radical (unpaired) electrons. The van der Waals surface area contributed by atoms with Gasteiger partial charge in [0.25, 0.3) is 0 Å². The lowest BCUT2D eigenvalue weighted by Gasteiger charge is -2.23. The van der Waals surface area contributed by atoms with Crippen molar-refractivity contribution in [1.82, 2.24) is 0 Å². The van der Waals surface area contributed by atoms with E-state index in [1.54, 1.807) is 4.90 Å². The average molecular weight is 241 g/mol. The third-order valence-corrected chi connectivity index (χ3v) is 2.65. The predicted molar refractivity (Wildman–Crippen MR) is 60.9 cm³/mol. The second-order valence-electron chi connectivity index (χ2n) is 3.86. The summed E-state index contributed by atoms with van der Waals surface area (Å²) in [7, 11) is 0. The fraction of sp³-hybridized carbons (Fsp3) is 0.364. The van der Waals surface area contributed by atoms with Crippen LogP contribution in [0.25, 0.3) is 0 Å². The molecule has 0 saturated heterocycles. The normalized spacial score (nSPS) is 15.2. The number of benzene rings is 1. The van der Waals surface area contributed by atoms with E-state index in [0.717, 1.165) is 6.07 Å². The SMILES string of the molecule is NCCN1CCC(=O)Nc2c(F)cc(F)cc21. The van der Waals surface area contributed by atoms with E-state index < -0.39 is 11.6 Å². The maximum atomic E-state index is 13.6. The summed E-state index contributed by atoms with van der Waals surface area (Å²) in [5, 5.41) is 2.44. The van der Waals surface area contributed by atoms with Gasteiger partial charge >= 0.3 is 0 Å². The number of hydrogen-bond acceptors (Lipinski definition) is 3. The quantitative estimate of drug-likeness (QED) is 0.814. The van der Waals surface area contributed by atoms with Crippen molar-refractivity contribution in [2.24, 2.45) is 5.73 Å². The van der Waals surface area contributed by atoms with Gasteiger partial charge in [-0.15, -0.1) is 0 Å². The van der Waals surface area contributed by atoms with Crippen molar-refractivity contribution < 1.29 is 13.6 Å². The zero-order chi connectivity index (χ0) is 12.4. The van der Waals surface area contributed by atoms with Crippen LogP contribution in [0.3, 0.4) is 0 Å². The standard InChI is InChI=1S/C11H13F2N3O/c12-7-5-8(13)11-9(6-7)16(4-2-14)3-1-10(17)15-11/h5-6H,1-4,14H2,(H,15,17). The Bertz CT molecular complexity index is 451. The van der Waals surface area contributed by atoms with Gasteiger partial charge in [-0.05, 0) is 6.07 Å². The Morgan fingerprint density at radius 3 is 2.88 bits per heavy atom. The Morgan fingerprint density at radius 2 is 2.18 bits per heavy atom. The molecule has 92 valence electrons. The second kappa shape index (κ2) is 4.67. The maximum Gasteiger partial charge on any atom is 0.226 e. The molecule has 0 atom stereocenters. The zero-order valence-corrected chi connectivity index (χ0v) is 9.17. The zero-order valence-electron chi connectivity index (χ0n) is 9.17. The fourth-order valence-corrected chi connectivity index (χ4v) is 1.88. The van der Waals surface area contributed by atoms with Crippen molar-refractivity contribution in [2.45, 2.75) is 6.42 Å². The number of rotatable bonds is 2. The van der Waals surface area contributed by atoms with E-state index >= 15 is 0 Å². The minimum atomic E-state index is -0.766. The van der Waals surface area contributed by atoms with Crippen LogP contribution in [0.5, 0.6) is 0 Å². The number of hydrogen-bond donors (Lipinski definition) is 2. The Labute approximate surface area is 97.4 Å². The molecule has 17 heavy (non-hydrogen) atoms. The first-order valence-corrected chi connectivity index (χ1v) is 5.35. The van der Waals surface area contributed by atoms with Crippen LogP contribution in [0, 0.1) is 11.6 Å². The Hall–Kier alpha value is -1.69. The summed E-state index contributed by atoms with van der Waals surface area (Å²) in [4.78, 5) is 13.1. The van der Waals surface area contributed by atoms with E-state index in [2.05, 4.69) is 5.32 Å². The number of amides is 1. The summed E-state index contributed by atoms with van der Waals surface area (Å²) in [6.07, 6.45) is 0.232. The van der Waals surface area contributed by atoms with Gasteiger partial charge < -0.3 is 16.0 Å². The molecule has 0 bridgehead atoms. The fourth-order valence-electron chi connectivity index (χ4n) is 1.88. The third-order valence-electron chi connectivity index (χ3n) is 2.65. The molecule has 0 aromatic heterocycles. The summed E-state index contributed by atoms with van der Waals surface area (Å²) >= 11 is 0. The van der Waals surface area contributed by atoms with E-state index in [-0.39, 0.29) is 18.0 Å². The Morgan fingerprint density at radius 1 is 1.41 bits per heavy atom. The number of halogens is 2. The molecule has 4 nitrogen and oxygen atoms in total. The summed E-state index contributed by atoms with van der Waals surface area (Å²) in [5.74, 6) is -1.71. The molecular formula is C11H13F2N3O. The van der Waals surface area contributed by atoms with Crippen LogP contribution in [-0.2, 0) is 4.79 Å². The largest absolute Gasteiger partial charge is 0.368 e. The van der Waals surface area contributed by atoms with E-state index in [0.29, 0.717) is 25.3 Å². The molecule has 2 rings (SSSR count). The van der Waals surface area contributed by atoms with Crippen LogP contribution >= 0.6 is 0 Å². The first kappa shape index (κ1) is 11.8. The monoisotopic (exact) mass is 241 g/mol. The summed E-state index contributed by atoms with van der Waals surface area (Å²) in [6, 6.07) is 1.96. The molecule has 0 fully saturated rings. The highest BCUT2D eigenvalue weighted by molar-refractivity contribution is 5.96. The molecule has 1 aliphatic rings. The predicted octanol–water partition coefficient (Wildman–Crippen LogP) is 1.07. The molecule has 1 aliphatic heterocycles. The van der Waals surface area contributed by atoms with Gasteiger partial charge in [-0.25, -0.2) is 8.78 Å². The van der Waals surface area contributed by atoms with E-state index in [9.17, 15) is 13.6 Å². The van der Waals surface area contributed by atoms with Crippen molar-refractivity contribution >= 4 is 17.3 Å². The van der Waals surface area contributed by atoms with Crippen LogP contribution < -0.4 is 16.0 Å². The highest BCUT2D eigenvalue weighted by atomic mass is 19.1. The molecule has 1 heterocycles. The molecular weight excluding hydrogens is 228 g/mol. The summed E-state index contributed by atoms with van der Waals surface area (Å²) < 4.78 is 26.8. The molecule has 1 aromatic carbocycles. The van der Waals surface area contributed by atoms with Gasteiger partial charge in [0, 0.05) is 32.1 Å². The van der Waals surface area contributed by atoms with Gasteiger partial charge in [-0.1, -0.05) is 0 Å². The van der Waals surface area contributed by atoms with Gasteiger partial charge in [0.15, 0.2) is 5.82 Å². The third kappa shape index (κ3) is 2.36. The number of nitrogens with one attached hydrogen (secondary N) is 1. The molecule has 3 N–H and O–H groups in total. The van der Waals surface area contributed by atoms with Gasteiger partial charge in [-0.2, -0.15) is 0 Å². The number of carbonyl (C=O) groups is 1. The summed E-state index contributed by atoms with van der Waals surface area (Å²) in [6.45, 7) is 1.20. The molecule has 0 saturated carbocycles. The first-order valence-electron chi connectivity index (χ1n) is 5.35. The van der Waals surface area contributed by atoms with E-state index in [1.165, 1.54) is 6.07 Å². The van der Waals surface area contributed by atoms with E-state index in [1.807, 2.05) is 0 Å². The number of anilines is 2. The molecule has 1 amide bonds. The molecule has 0 unspecified atom stereocenters. The van der Waals surface area contributed by atoms with Gasteiger partial charge in [-0.3, -0.25) is 4.79 Å². The highest BCUT2D eigenvalue weighted by Gasteiger charge is 2.22. The first-order chi connectivity index (χ1) is 8.11. The lowest BCUT2D eigenvalue weighted by atomic mass is 10.2. The second-order valence-corrected chi connectivity index (χ2v) is 3.86. The van der Waals surface area contributed by atoms with Crippen LogP contribution in [0.1, 0.15) is 6.42 Å². The minimum absolute atomic E-state index is 0.0300. The van der Waals surface area contributed by atoms with Gasteiger partial charge in [0.1, 0.15) is 11.5 Å². The summed E-state index contributed by atoms with van der Waals surface area (Å²) in [5.41, 5.74) is 5.82. The van der Waals surface area contributed by atoms with Gasteiger partial charge in [0.2, 0.25) is 5.91 Å². The molecule has 1 aromatic rings. The van der Waals surface area contributed by atoms with E-state index in [4.69, 9.17) is 5.73 Å². The number of carbonyl (C=O) groups excluding carboxylic acids is 1. The van der Waals surface area contributed by atoms with Crippen molar-refractivity contribution in [3.05, 3.63) is 23.8 Å². The number of nitrogens with zero attached hydrogens (tertiary/aromatic N) is 1. The average Bonchev–Trinajstić information content (AvgIpc) is 2.41. The smallest absolute Gasteiger partial charge is 0.226 e. The van der Waals surface area contributed by atoms with Crippen molar-refractivity contribution in [2.75, 3.05) is 29.9 Å². The molecule has 6 heteroatoms. The lowest BCUT2D eigenvalue weighted by molar-refractivity contribution is -0.116. The van der Waals surface area contributed by atoms with Crippen LogP contribution in [0.2, 0.25) is 0 Å². The van der Waals surface area contributed by atoms with Crippen LogP contribution in [-0.4, -0.2) is 25.5 Å². The highest BCUT2D eigenvalue weighted by Crippen LogP contribution is 2.32. The van der Waals surface area contributed by atoms with Crippen molar-refractivity contribution in [3.63, 3.8) is 0 Å². The lowest BCUT2D eigenvalue weighted by Crippen LogP contribution is -2.30. The molecule has 0 spiro atoms. The van der Waals surface area contributed by atoms with Crippen LogP contribution in [0.15, 0.2) is 12.1 Å². The maximum absolute atomic E-state index is 13.6. The Kier molecular flexibility index (Phi) is 3.23. The van der Waals surface area contributed by atoms with Gasteiger partial charge in [0.05, 0.1) is 5.69 Å².